The molecule has 0 aliphatic carbocycles. The lowest BCUT2D eigenvalue weighted by atomic mass is 9.82. The summed E-state index contributed by atoms with van der Waals surface area (Å²) in [5.74, 6) is -0.492. The zero-order valence-corrected chi connectivity index (χ0v) is 13.4. The van der Waals surface area contributed by atoms with E-state index >= 15 is 0 Å². The number of benzene rings is 1. The Morgan fingerprint density at radius 2 is 2.17 bits per heavy atom. The zero-order chi connectivity index (χ0) is 16.7. The van der Waals surface area contributed by atoms with Crippen molar-refractivity contribution in [2.75, 3.05) is 19.7 Å². The van der Waals surface area contributed by atoms with Crippen LogP contribution in [0.3, 0.4) is 0 Å². The highest BCUT2D eigenvalue weighted by Crippen LogP contribution is 2.35. The number of hydrogen-bond acceptors (Lipinski definition) is 3. The van der Waals surface area contributed by atoms with Crippen molar-refractivity contribution in [3.05, 3.63) is 35.8 Å². The minimum Gasteiger partial charge on any atom is -0.390 e. The Bertz CT molecular complexity index is 765. The van der Waals surface area contributed by atoms with Gasteiger partial charge in [0.05, 0.1) is 17.2 Å². The topological polar surface area (TPSA) is 65.6 Å². The van der Waals surface area contributed by atoms with Gasteiger partial charge in [-0.25, -0.2) is 4.39 Å². The van der Waals surface area contributed by atoms with E-state index in [1.807, 2.05) is 0 Å². The van der Waals surface area contributed by atoms with Crippen LogP contribution in [0.15, 0.2) is 24.3 Å². The van der Waals surface area contributed by atoms with Crippen LogP contribution in [0.2, 0.25) is 0 Å². The standard InChI is InChI=1S/C18H21FN2O3/c19-13-4-1-3-12-11-14(20-16(12)13)17(23)21-8-6-18(7-9-21)15(22)5-2-10-24-18/h1,3-4,11,15,20,22H,2,5-10H2/t15-/m1/s1. The lowest BCUT2D eigenvalue weighted by Gasteiger charge is -2.46. The molecule has 2 aromatic rings. The summed E-state index contributed by atoms with van der Waals surface area (Å²) < 4.78 is 19.7. The van der Waals surface area contributed by atoms with Crippen molar-refractivity contribution in [2.24, 2.45) is 0 Å². The van der Waals surface area contributed by atoms with E-state index in [1.54, 1.807) is 23.1 Å². The number of aliphatic hydroxyl groups is 1. The summed E-state index contributed by atoms with van der Waals surface area (Å²) in [4.78, 5) is 17.3. The molecule has 128 valence electrons. The molecule has 1 amide bonds. The number of carbonyl (C=O) groups is 1. The van der Waals surface area contributed by atoms with E-state index in [0.29, 0.717) is 49.1 Å². The first kappa shape index (κ1) is 15.6. The normalized spacial score (nSPS) is 23.8. The van der Waals surface area contributed by atoms with Crippen LogP contribution >= 0.6 is 0 Å². The van der Waals surface area contributed by atoms with E-state index in [2.05, 4.69) is 4.98 Å². The summed E-state index contributed by atoms with van der Waals surface area (Å²) >= 11 is 0. The number of nitrogens with zero attached hydrogens (tertiary/aromatic N) is 1. The van der Waals surface area contributed by atoms with Gasteiger partial charge in [-0.3, -0.25) is 4.79 Å². The van der Waals surface area contributed by atoms with Gasteiger partial charge >= 0.3 is 0 Å². The molecular weight excluding hydrogens is 311 g/mol. The van der Waals surface area contributed by atoms with Crippen molar-refractivity contribution < 1.29 is 19.0 Å². The molecule has 24 heavy (non-hydrogen) atoms. The minimum absolute atomic E-state index is 0.134. The number of para-hydroxylation sites is 1. The predicted molar refractivity (Wildman–Crippen MR) is 87.3 cm³/mol. The van der Waals surface area contributed by atoms with Gasteiger partial charge in [-0.15, -0.1) is 0 Å². The second-order valence-corrected chi connectivity index (χ2v) is 6.75. The number of likely N-dealkylation sites (tertiary alicyclic amines) is 1. The van der Waals surface area contributed by atoms with E-state index < -0.39 is 11.7 Å². The number of carbonyl (C=O) groups excluding carboxylic acids is 1. The number of amides is 1. The third-order valence-corrected chi connectivity index (χ3v) is 5.35. The number of nitrogens with one attached hydrogen (secondary N) is 1. The average Bonchev–Trinajstić information content (AvgIpc) is 3.03. The van der Waals surface area contributed by atoms with Crippen molar-refractivity contribution in [2.45, 2.75) is 37.4 Å². The molecule has 3 heterocycles. The maximum absolute atomic E-state index is 13.8. The fourth-order valence-corrected chi connectivity index (χ4v) is 3.88. The van der Waals surface area contributed by atoms with Gasteiger partial charge in [0, 0.05) is 25.1 Å². The number of fused-ring (bicyclic) bond motifs is 1. The average molecular weight is 332 g/mol. The first-order valence-electron chi connectivity index (χ1n) is 8.48. The smallest absolute Gasteiger partial charge is 0.270 e. The predicted octanol–water partition coefficient (Wildman–Crippen LogP) is 2.45. The summed E-state index contributed by atoms with van der Waals surface area (Å²) in [5.41, 5.74) is 0.262. The van der Waals surface area contributed by atoms with Crippen LogP contribution in [0.4, 0.5) is 4.39 Å². The SMILES string of the molecule is O=C(c1cc2cccc(F)c2[nH]1)N1CCC2(CC1)OCCC[C@H]2O. The number of piperidine rings is 1. The van der Waals surface area contributed by atoms with Gasteiger partial charge in [0.1, 0.15) is 11.5 Å². The third kappa shape index (κ3) is 2.50. The first-order valence-corrected chi connectivity index (χ1v) is 8.48. The minimum atomic E-state index is -0.498. The number of hydrogen-bond donors (Lipinski definition) is 2. The van der Waals surface area contributed by atoms with Crippen LogP contribution in [0.5, 0.6) is 0 Å². The molecule has 1 spiro atoms. The molecule has 6 heteroatoms. The van der Waals surface area contributed by atoms with Gasteiger partial charge in [-0.05, 0) is 37.8 Å². The van der Waals surface area contributed by atoms with Gasteiger partial charge in [-0.1, -0.05) is 12.1 Å². The van der Waals surface area contributed by atoms with E-state index in [9.17, 15) is 14.3 Å². The van der Waals surface area contributed by atoms with Crippen molar-refractivity contribution >= 4 is 16.8 Å². The maximum atomic E-state index is 13.8. The van der Waals surface area contributed by atoms with Crippen molar-refractivity contribution in [3.8, 4) is 0 Å². The molecular formula is C18H21FN2O3. The highest BCUT2D eigenvalue weighted by molar-refractivity contribution is 5.98. The Morgan fingerprint density at radius 3 is 2.88 bits per heavy atom. The molecule has 1 atom stereocenters. The number of ether oxygens (including phenoxy) is 1. The number of aromatic amines is 1. The van der Waals surface area contributed by atoms with Gasteiger partial charge < -0.3 is 19.7 Å². The van der Waals surface area contributed by atoms with Crippen LogP contribution in [0.25, 0.3) is 10.9 Å². The highest BCUT2D eigenvalue weighted by Gasteiger charge is 2.44. The maximum Gasteiger partial charge on any atom is 0.270 e. The number of H-pyrrole nitrogens is 1. The van der Waals surface area contributed by atoms with Gasteiger partial charge in [0.25, 0.3) is 5.91 Å². The summed E-state index contributed by atoms with van der Waals surface area (Å²) in [6.45, 7) is 1.74. The molecule has 2 saturated heterocycles. The Balaban J connectivity index is 1.50. The molecule has 2 fully saturated rings. The molecule has 1 aromatic carbocycles. The molecule has 1 aromatic heterocycles. The van der Waals surface area contributed by atoms with Gasteiger partial charge in [0.2, 0.25) is 0 Å². The Morgan fingerprint density at radius 1 is 1.38 bits per heavy atom. The van der Waals surface area contributed by atoms with Gasteiger partial charge in [0.15, 0.2) is 0 Å². The van der Waals surface area contributed by atoms with Crippen molar-refractivity contribution in [3.63, 3.8) is 0 Å². The monoisotopic (exact) mass is 332 g/mol. The lowest BCUT2D eigenvalue weighted by molar-refractivity contribution is -0.174. The highest BCUT2D eigenvalue weighted by atomic mass is 19.1. The van der Waals surface area contributed by atoms with Crippen molar-refractivity contribution in [1.82, 2.24) is 9.88 Å². The Labute approximate surface area is 139 Å². The molecule has 0 unspecified atom stereocenters. The molecule has 5 nitrogen and oxygen atoms in total. The largest absolute Gasteiger partial charge is 0.390 e. The molecule has 0 saturated carbocycles. The summed E-state index contributed by atoms with van der Waals surface area (Å²) in [6, 6.07) is 6.48. The number of aromatic nitrogens is 1. The van der Waals surface area contributed by atoms with Crippen LogP contribution in [-0.4, -0.2) is 52.3 Å². The fraction of sp³-hybridized carbons (Fsp3) is 0.500. The van der Waals surface area contributed by atoms with E-state index in [0.717, 1.165) is 12.8 Å². The molecule has 2 aliphatic rings. The second-order valence-electron chi connectivity index (χ2n) is 6.75. The molecule has 2 aliphatic heterocycles. The summed E-state index contributed by atoms with van der Waals surface area (Å²) in [5, 5.41) is 11.0. The summed E-state index contributed by atoms with van der Waals surface area (Å²) in [6.07, 6.45) is 2.45. The Hall–Kier alpha value is -1.92. The molecule has 4 rings (SSSR count). The first-order chi connectivity index (χ1) is 11.6. The summed E-state index contributed by atoms with van der Waals surface area (Å²) in [7, 11) is 0. The Kier molecular flexibility index (Phi) is 3.81. The zero-order valence-electron chi connectivity index (χ0n) is 13.4. The molecule has 2 N–H and O–H groups in total. The van der Waals surface area contributed by atoms with Crippen LogP contribution in [-0.2, 0) is 4.74 Å². The quantitative estimate of drug-likeness (QED) is 0.843. The number of rotatable bonds is 1. The number of aliphatic hydroxyl groups excluding tert-OH is 1. The lowest BCUT2D eigenvalue weighted by Crippen LogP contribution is -2.56. The molecule has 0 radical (unpaired) electrons. The van der Waals surface area contributed by atoms with Crippen LogP contribution in [0, 0.1) is 5.82 Å². The fourth-order valence-electron chi connectivity index (χ4n) is 3.88. The second kappa shape index (κ2) is 5.86. The van der Waals surface area contributed by atoms with E-state index in [-0.39, 0.29) is 11.7 Å². The van der Waals surface area contributed by atoms with Crippen LogP contribution < -0.4 is 0 Å². The van der Waals surface area contributed by atoms with E-state index in [4.69, 9.17) is 4.74 Å². The van der Waals surface area contributed by atoms with Gasteiger partial charge in [-0.2, -0.15) is 0 Å². The molecule has 0 bridgehead atoms. The van der Waals surface area contributed by atoms with Crippen molar-refractivity contribution in [1.29, 1.82) is 0 Å². The number of halogens is 1. The van der Waals surface area contributed by atoms with Crippen LogP contribution in [0.1, 0.15) is 36.2 Å². The third-order valence-electron chi connectivity index (χ3n) is 5.35. The van der Waals surface area contributed by atoms with E-state index in [1.165, 1.54) is 6.07 Å².